The number of hydrogen-bond acceptors (Lipinski definition) is 7. The molecule has 3 aromatic rings. The number of pyridine rings is 1. The lowest BCUT2D eigenvalue weighted by molar-refractivity contribution is 0.160. The summed E-state index contributed by atoms with van der Waals surface area (Å²) >= 11 is 0. The van der Waals surface area contributed by atoms with Crippen molar-refractivity contribution in [3.8, 4) is 23.1 Å². The molecule has 1 aliphatic heterocycles. The van der Waals surface area contributed by atoms with Crippen LogP contribution >= 0.6 is 0 Å². The maximum absolute atomic E-state index is 10.5. The van der Waals surface area contributed by atoms with Gasteiger partial charge >= 0.3 is 0 Å². The summed E-state index contributed by atoms with van der Waals surface area (Å²) in [7, 11) is 2.06. The van der Waals surface area contributed by atoms with E-state index in [9.17, 15) is 5.11 Å². The Hall–Kier alpha value is -3.24. The molecule has 2 aromatic heterocycles. The van der Waals surface area contributed by atoms with E-state index in [2.05, 4.69) is 66.2 Å². The van der Waals surface area contributed by atoms with Crippen molar-refractivity contribution in [3.05, 3.63) is 42.1 Å². The zero-order chi connectivity index (χ0) is 22.4. The maximum atomic E-state index is 10.5. The zero-order valence-electron chi connectivity index (χ0n) is 18.6. The van der Waals surface area contributed by atoms with E-state index in [0.29, 0.717) is 28.4 Å². The zero-order valence-corrected chi connectivity index (χ0v) is 18.6. The summed E-state index contributed by atoms with van der Waals surface area (Å²) < 4.78 is 0. The lowest BCUT2D eigenvalue weighted by Gasteiger charge is -2.49. The average Bonchev–Trinajstić information content (AvgIpc) is 2.70. The van der Waals surface area contributed by atoms with Gasteiger partial charge in [-0.1, -0.05) is 0 Å². The number of benzene rings is 1. The summed E-state index contributed by atoms with van der Waals surface area (Å²) in [6.45, 7) is 8.94. The molecule has 31 heavy (non-hydrogen) atoms. The predicted octanol–water partition coefficient (Wildman–Crippen LogP) is 4.01. The van der Waals surface area contributed by atoms with Crippen molar-refractivity contribution in [2.75, 3.05) is 11.9 Å². The second-order valence-corrected chi connectivity index (χ2v) is 9.74. The van der Waals surface area contributed by atoms with Crippen LogP contribution in [0, 0.1) is 11.3 Å². The molecule has 2 N–H and O–H groups in total. The lowest BCUT2D eigenvalue weighted by atomic mass is 9.79. The van der Waals surface area contributed by atoms with Gasteiger partial charge in [-0.3, -0.25) is 4.98 Å². The van der Waals surface area contributed by atoms with Gasteiger partial charge in [0.25, 0.3) is 0 Å². The highest BCUT2D eigenvalue weighted by molar-refractivity contribution is 5.88. The summed E-state index contributed by atoms with van der Waals surface area (Å²) in [5.41, 5.74) is 2.32. The smallest absolute Gasteiger partial charge is 0.151 e. The molecule has 0 bridgehead atoms. The molecule has 7 heteroatoms. The van der Waals surface area contributed by atoms with Gasteiger partial charge in [0, 0.05) is 47.4 Å². The molecule has 1 aliphatic rings. The Balaban J connectivity index is 1.62. The predicted molar refractivity (Wildman–Crippen MR) is 122 cm³/mol. The van der Waals surface area contributed by atoms with Crippen LogP contribution in [-0.2, 0) is 0 Å². The van der Waals surface area contributed by atoms with E-state index in [1.165, 1.54) is 6.20 Å². The molecule has 7 nitrogen and oxygen atoms in total. The van der Waals surface area contributed by atoms with Crippen LogP contribution in [0.2, 0.25) is 0 Å². The molecule has 0 saturated carbocycles. The van der Waals surface area contributed by atoms with Gasteiger partial charge in [-0.25, -0.2) is 0 Å². The molecule has 4 rings (SSSR count). The fourth-order valence-electron chi connectivity index (χ4n) is 4.82. The molecule has 1 aromatic carbocycles. The van der Waals surface area contributed by atoms with E-state index in [0.717, 1.165) is 24.0 Å². The van der Waals surface area contributed by atoms with Gasteiger partial charge in [0.05, 0.1) is 16.8 Å². The van der Waals surface area contributed by atoms with Gasteiger partial charge in [0.15, 0.2) is 5.82 Å². The highest BCUT2D eigenvalue weighted by Crippen LogP contribution is 2.34. The standard InChI is InChI=1S/C24H28N6O/c1-23(2)11-17(12-24(3,4)29-23)30(5)22-7-6-19(27-28-22)18-9-16-8-15(13-25)14-26-20(16)10-21(18)31/h6-10,14,17,29,31H,11-12H2,1-5H3. The maximum Gasteiger partial charge on any atom is 0.151 e. The molecule has 1 fully saturated rings. The molecule has 3 heterocycles. The molecule has 160 valence electrons. The van der Waals surface area contributed by atoms with Crippen LogP contribution in [0.5, 0.6) is 5.75 Å². The van der Waals surface area contributed by atoms with E-state index in [4.69, 9.17) is 5.26 Å². The molecule has 0 radical (unpaired) electrons. The van der Waals surface area contributed by atoms with E-state index in [-0.39, 0.29) is 16.8 Å². The normalized spacial score (nSPS) is 17.9. The van der Waals surface area contributed by atoms with E-state index in [1.807, 2.05) is 12.1 Å². The molecule has 0 aliphatic carbocycles. The van der Waals surface area contributed by atoms with Crippen molar-refractivity contribution in [2.45, 2.75) is 57.7 Å². The first-order chi connectivity index (χ1) is 14.6. The molecular formula is C24H28N6O. The Morgan fingerprint density at radius 2 is 1.81 bits per heavy atom. The largest absolute Gasteiger partial charge is 0.507 e. The Kier molecular flexibility index (Phi) is 5.06. The van der Waals surface area contributed by atoms with E-state index >= 15 is 0 Å². The highest BCUT2D eigenvalue weighted by atomic mass is 16.3. The second-order valence-electron chi connectivity index (χ2n) is 9.74. The Morgan fingerprint density at radius 1 is 1.10 bits per heavy atom. The van der Waals surface area contributed by atoms with Gasteiger partial charge in [0.2, 0.25) is 0 Å². The van der Waals surface area contributed by atoms with Crippen LogP contribution in [0.15, 0.2) is 36.5 Å². The molecular weight excluding hydrogens is 388 g/mol. The first-order valence-corrected chi connectivity index (χ1v) is 10.5. The Labute approximate surface area is 182 Å². The van der Waals surface area contributed by atoms with Crippen molar-refractivity contribution in [1.29, 1.82) is 5.26 Å². The fraction of sp³-hybridized carbons (Fsp3) is 0.417. The third kappa shape index (κ3) is 4.30. The molecule has 0 atom stereocenters. The van der Waals surface area contributed by atoms with E-state index in [1.54, 1.807) is 18.2 Å². The Bertz CT molecular complexity index is 1150. The third-order valence-corrected chi connectivity index (χ3v) is 5.93. The summed E-state index contributed by atoms with van der Waals surface area (Å²) in [6.07, 6.45) is 3.52. The van der Waals surface area contributed by atoms with Gasteiger partial charge < -0.3 is 15.3 Å². The number of aromatic hydroxyl groups is 1. The lowest BCUT2D eigenvalue weighted by Crippen LogP contribution is -2.62. The summed E-state index contributed by atoms with van der Waals surface area (Å²) in [6, 6.07) is 11.4. The van der Waals surface area contributed by atoms with Crippen LogP contribution < -0.4 is 10.2 Å². The van der Waals surface area contributed by atoms with Crippen LogP contribution in [-0.4, -0.2) is 44.5 Å². The monoisotopic (exact) mass is 416 g/mol. The molecule has 0 amide bonds. The third-order valence-electron chi connectivity index (χ3n) is 5.93. The second kappa shape index (κ2) is 7.47. The van der Waals surface area contributed by atoms with Crippen molar-refractivity contribution in [2.24, 2.45) is 0 Å². The SMILES string of the molecule is CN(c1ccc(-c2cc3cc(C#N)cnc3cc2O)nn1)C1CC(C)(C)NC(C)(C)C1. The number of nitrogens with one attached hydrogen (secondary N) is 1. The number of anilines is 1. The molecule has 1 saturated heterocycles. The van der Waals surface area contributed by atoms with Crippen molar-refractivity contribution in [3.63, 3.8) is 0 Å². The van der Waals surface area contributed by atoms with Gasteiger partial charge in [-0.2, -0.15) is 5.26 Å². The minimum atomic E-state index is 0.0429. The van der Waals surface area contributed by atoms with E-state index < -0.39 is 0 Å². The van der Waals surface area contributed by atoms with Crippen molar-refractivity contribution < 1.29 is 5.11 Å². The number of nitrogens with zero attached hydrogens (tertiary/aromatic N) is 5. The summed E-state index contributed by atoms with van der Waals surface area (Å²) in [5, 5.41) is 33.0. The first-order valence-electron chi connectivity index (χ1n) is 10.5. The van der Waals surface area contributed by atoms with Gasteiger partial charge in [-0.05, 0) is 64.8 Å². The van der Waals surface area contributed by atoms with Crippen LogP contribution in [0.25, 0.3) is 22.2 Å². The average molecular weight is 417 g/mol. The number of piperidine rings is 1. The summed E-state index contributed by atoms with van der Waals surface area (Å²) in [5.74, 6) is 0.887. The number of phenols is 1. The number of hydrogen-bond donors (Lipinski definition) is 2. The topological polar surface area (TPSA) is 98.0 Å². The number of phenolic OH excluding ortho intramolecular Hbond substituents is 1. The highest BCUT2D eigenvalue weighted by Gasteiger charge is 2.39. The minimum absolute atomic E-state index is 0.0429. The van der Waals surface area contributed by atoms with Gasteiger partial charge in [-0.15, -0.1) is 10.2 Å². The molecule has 0 spiro atoms. The number of aromatic nitrogens is 3. The fourth-order valence-corrected chi connectivity index (χ4v) is 4.82. The van der Waals surface area contributed by atoms with Crippen LogP contribution in [0.3, 0.4) is 0 Å². The summed E-state index contributed by atoms with van der Waals surface area (Å²) in [4.78, 5) is 6.43. The number of rotatable bonds is 3. The number of nitriles is 1. The number of fused-ring (bicyclic) bond motifs is 1. The quantitative estimate of drug-likeness (QED) is 0.665. The first kappa shape index (κ1) is 21.0. The van der Waals surface area contributed by atoms with Gasteiger partial charge in [0.1, 0.15) is 11.8 Å². The van der Waals surface area contributed by atoms with Crippen LogP contribution in [0.4, 0.5) is 5.82 Å². The Morgan fingerprint density at radius 3 is 2.42 bits per heavy atom. The van der Waals surface area contributed by atoms with Crippen LogP contribution in [0.1, 0.15) is 46.1 Å². The van der Waals surface area contributed by atoms with Crippen molar-refractivity contribution in [1.82, 2.24) is 20.5 Å². The minimum Gasteiger partial charge on any atom is -0.507 e. The molecule has 0 unspecified atom stereocenters. The van der Waals surface area contributed by atoms with Crippen molar-refractivity contribution >= 4 is 16.7 Å².